The summed E-state index contributed by atoms with van der Waals surface area (Å²) in [5, 5.41) is 5.98. The first-order valence-corrected chi connectivity index (χ1v) is 7.93. The first kappa shape index (κ1) is 15.8. The summed E-state index contributed by atoms with van der Waals surface area (Å²) in [4.78, 5) is 16.3. The van der Waals surface area contributed by atoms with Crippen molar-refractivity contribution in [3.63, 3.8) is 0 Å². The number of hydrogen-bond acceptors (Lipinski definition) is 5. The van der Waals surface area contributed by atoms with E-state index in [1.54, 1.807) is 18.3 Å². The second kappa shape index (κ2) is 6.89. The number of azide groups is 1. The summed E-state index contributed by atoms with van der Waals surface area (Å²) in [7, 11) is -4.04. The number of aromatic nitrogens is 1. The maximum atomic E-state index is 11.9. The minimum Gasteiger partial charge on any atom is -0.372 e. The van der Waals surface area contributed by atoms with Gasteiger partial charge in [0.05, 0.1) is 36.7 Å². The van der Waals surface area contributed by atoms with E-state index >= 15 is 0 Å². The van der Waals surface area contributed by atoms with E-state index in [2.05, 4.69) is 20.1 Å². The Morgan fingerprint density at radius 3 is 3.24 bits per heavy atom. The van der Waals surface area contributed by atoms with Gasteiger partial charge in [-0.25, -0.2) is 4.57 Å². The van der Waals surface area contributed by atoms with E-state index < -0.39 is 19.9 Å². The van der Waals surface area contributed by atoms with Crippen LogP contribution in [0, 0.1) is 0 Å². The molecule has 1 saturated heterocycles. The number of pyridine rings is 1. The maximum absolute atomic E-state index is 11.9. The second-order valence-electron chi connectivity index (χ2n) is 4.66. The van der Waals surface area contributed by atoms with Crippen molar-refractivity contribution in [2.45, 2.75) is 31.6 Å². The van der Waals surface area contributed by atoms with Crippen molar-refractivity contribution in [1.29, 1.82) is 0 Å². The predicted octanol–water partition coefficient (Wildman–Crippen LogP) is 2.47. The van der Waals surface area contributed by atoms with Crippen molar-refractivity contribution >= 4 is 13.4 Å². The quantitative estimate of drug-likeness (QED) is 0.359. The Bertz CT molecular complexity index is 565. The van der Waals surface area contributed by atoms with Gasteiger partial charge in [0, 0.05) is 11.1 Å². The van der Waals surface area contributed by atoms with Crippen LogP contribution in [0.1, 0.15) is 13.3 Å². The largest absolute Gasteiger partial charge is 0.430 e. The lowest BCUT2D eigenvalue weighted by Crippen LogP contribution is -2.25. The molecule has 1 fully saturated rings. The van der Waals surface area contributed by atoms with Crippen LogP contribution >= 0.6 is 7.75 Å². The molecule has 4 atom stereocenters. The molecule has 0 radical (unpaired) electrons. The molecule has 1 aromatic rings. The Morgan fingerprint density at radius 2 is 2.57 bits per heavy atom. The van der Waals surface area contributed by atoms with Crippen LogP contribution < -0.4 is 5.09 Å². The Morgan fingerprint density at radius 1 is 1.76 bits per heavy atom. The number of anilines is 1. The van der Waals surface area contributed by atoms with Gasteiger partial charge in [0.1, 0.15) is 0 Å². The third kappa shape index (κ3) is 4.70. The number of rotatable bonds is 6. The molecule has 1 aromatic heterocycles. The molecule has 1 aliphatic rings. The van der Waals surface area contributed by atoms with E-state index in [-0.39, 0.29) is 12.7 Å². The summed E-state index contributed by atoms with van der Waals surface area (Å²) < 4.78 is 22.4. The molecule has 1 aliphatic heterocycles. The molecule has 0 aliphatic carbocycles. The van der Waals surface area contributed by atoms with Crippen molar-refractivity contribution in [2.24, 2.45) is 5.11 Å². The fourth-order valence-electron chi connectivity index (χ4n) is 2.07. The van der Waals surface area contributed by atoms with Crippen LogP contribution in [-0.2, 0) is 13.8 Å². The molecule has 2 heterocycles. The average molecular weight is 313 g/mol. The van der Waals surface area contributed by atoms with Crippen molar-refractivity contribution in [1.82, 2.24) is 4.98 Å². The van der Waals surface area contributed by atoms with E-state index in [0.29, 0.717) is 12.1 Å². The molecule has 0 amide bonds. The van der Waals surface area contributed by atoms with Gasteiger partial charge in [-0.15, -0.1) is 0 Å². The Balaban J connectivity index is 1.92. The van der Waals surface area contributed by atoms with Gasteiger partial charge in [-0.05, 0) is 31.0 Å². The summed E-state index contributed by atoms with van der Waals surface area (Å²) in [5.41, 5.74) is 8.86. The van der Waals surface area contributed by atoms with Crippen molar-refractivity contribution < 1.29 is 18.7 Å². The molecule has 21 heavy (non-hydrogen) atoms. The first-order chi connectivity index (χ1) is 10.00. The highest BCUT2D eigenvalue weighted by atomic mass is 31.2. The minimum absolute atomic E-state index is 0.0848. The van der Waals surface area contributed by atoms with Crippen LogP contribution in [0.4, 0.5) is 5.69 Å². The van der Waals surface area contributed by atoms with Crippen molar-refractivity contribution in [3.8, 4) is 0 Å². The Kier molecular flexibility index (Phi) is 5.17. The van der Waals surface area contributed by atoms with E-state index in [1.165, 1.54) is 6.20 Å². The molecule has 0 saturated carbocycles. The maximum Gasteiger partial charge on any atom is 0.430 e. The summed E-state index contributed by atoms with van der Waals surface area (Å²) >= 11 is 0. The van der Waals surface area contributed by atoms with E-state index in [1.807, 2.05) is 6.92 Å². The van der Waals surface area contributed by atoms with Gasteiger partial charge < -0.3 is 9.63 Å². The van der Waals surface area contributed by atoms with Crippen LogP contribution in [0.5, 0.6) is 0 Å². The lowest BCUT2D eigenvalue weighted by atomic mass is 10.1. The number of hydrogen-bond donors (Lipinski definition) is 2. The zero-order valence-corrected chi connectivity index (χ0v) is 12.3. The molecule has 10 heteroatoms. The van der Waals surface area contributed by atoms with Crippen LogP contribution in [0.2, 0.25) is 0 Å². The van der Waals surface area contributed by atoms with Crippen LogP contribution in [0.25, 0.3) is 10.4 Å². The van der Waals surface area contributed by atoms with Gasteiger partial charge in [0.25, 0.3) is 0 Å². The monoisotopic (exact) mass is 313 g/mol. The molecule has 0 spiro atoms. The molecule has 2 rings (SSSR count). The summed E-state index contributed by atoms with van der Waals surface area (Å²) in [6.07, 6.45) is 2.89. The van der Waals surface area contributed by atoms with Crippen LogP contribution in [-0.4, -0.2) is 34.7 Å². The second-order valence-corrected chi connectivity index (χ2v) is 6.19. The van der Waals surface area contributed by atoms with E-state index in [0.717, 1.165) is 0 Å². The average Bonchev–Trinajstić information content (AvgIpc) is 2.78. The van der Waals surface area contributed by atoms with Gasteiger partial charge in [0.2, 0.25) is 0 Å². The normalized spacial score (nSPS) is 27.6. The van der Waals surface area contributed by atoms with Gasteiger partial charge in [-0.1, -0.05) is 5.11 Å². The molecular weight excluding hydrogens is 297 g/mol. The van der Waals surface area contributed by atoms with Crippen molar-refractivity contribution in [3.05, 3.63) is 35.0 Å². The lowest BCUT2D eigenvalue weighted by molar-refractivity contribution is 0.0201. The Hall–Kier alpha value is -1.63. The zero-order chi connectivity index (χ0) is 15.3. The van der Waals surface area contributed by atoms with Gasteiger partial charge in [-0.2, -0.15) is 0 Å². The topological polar surface area (TPSA) is 129 Å². The minimum atomic E-state index is -4.04. The fraction of sp³-hybridized carbons (Fsp3) is 0.545. The van der Waals surface area contributed by atoms with Crippen molar-refractivity contribution in [2.75, 3.05) is 11.7 Å². The lowest BCUT2D eigenvalue weighted by Gasteiger charge is -2.18. The van der Waals surface area contributed by atoms with E-state index in [4.69, 9.17) is 14.8 Å². The van der Waals surface area contributed by atoms with E-state index in [9.17, 15) is 9.46 Å². The fourth-order valence-corrected chi connectivity index (χ4v) is 2.95. The molecule has 0 bridgehead atoms. The highest BCUT2D eigenvalue weighted by Gasteiger charge is 2.34. The third-order valence-corrected chi connectivity index (χ3v) is 4.00. The van der Waals surface area contributed by atoms with Crippen LogP contribution in [0.3, 0.4) is 0 Å². The third-order valence-electron chi connectivity index (χ3n) is 2.96. The van der Waals surface area contributed by atoms with Crippen LogP contribution in [0.15, 0.2) is 29.6 Å². The smallest absolute Gasteiger partial charge is 0.372 e. The van der Waals surface area contributed by atoms with Gasteiger partial charge in [-0.3, -0.25) is 14.6 Å². The molecular formula is C11H16N5O4P. The molecule has 2 N–H and O–H groups in total. The standard InChI is InChI=1S/C11H16N5O4P/c1-8-5-10(14-16-12)11(20-8)7-19-21(17,18)15-9-3-2-4-13-6-9/h2-4,6,8,10-11H,5,7H2,1H3,(H2,15,17,18)/t8-,10?,11+/m0/s1. The predicted molar refractivity (Wildman–Crippen MR) is 75.5 cm³/mol. The first-order valence-electron chi connectivity index (χ1n) is 6.35. The number of nitrogens with one attached hydrogen (secondary N) is 1. The number of nitrogens with zero attached hydrogens (tertiary/aromatic N) is 4. The molecule has 2 unspecified atom stereocenters. The molecule has 0 aromatic carbocycles. The highest BCUT2D eigenvalue weighted by molar-refractivity contribution is 7.54. The number of ether oxygens (including phenoxy) is 1. The highest BCUT2D eigenvalue weighted by Crippen LogP contribution is 2.42. The molecule has 9 nitrogen and oxygen atoms in total. The summed E-state index contributed by atoms with van der Waals surface area (Å²) in [5.74, 6) is 0. The van der Waals surface area contributed by atoms with Gasteiger partial charge in [0.15, 0.2) is 0 Å². The summed E-state index contributed by atoms with van der Waals surface area (Å²) in [6, 6.07) is 2.82. The zero-order valence-electron chi connectivity index (χ0n) is 11.4. The van der Waals surface area contributed by atoms with Gasteiger partial charge >= 0.3 is 7.75 Å². The Labute approximate surface area is 121 Å². The SMILES string of the molecule is C[C@H]1CC(N=[N+]=[N-])[C@@H](COP(=O)(O)Nc2cccnc2)O1. The summed E-state index contributed by atoms with van der Waals surface area (Å²) in [6.45, 7) is 1.70. The molecule has 114 valence electrons.